The smallest absolute Gasteiger partial charge is 0.334 e. The van der Waals surface area contributed by atoms with Crippen LogP contribution in [0.2, 0.25) is 0 Å². The van der Waals surface area contributed by atoms with Crippen molar-refractivity contribution in [1.82, 2.24) is 20.7 Å². The van der Waals surface area contributed by atoms with E-state index in [9.17, 15) is 9.18 Å². The zero-order valence-corrected chi connectivity index (χ0v) is 13.6. The predicted molar refractivity (Wildman–Crippen MR) is 87.1 cm³/mol. The van der Waals surface area contributed by atoms with Gasteiger partial charge in [0.1, 0.15) is 10.8 Å². The Morgan fingerprint density at radius 3 is 2.87 bits per heavy atom. The molecule has 0 saturated heterocycles. The number of pyridine rings is 1. The van der Waals surface area contributed by atoms with Gasteiger partial charge < -0.3 is 5.32 Å². The molecule has 2 aromatic rings. The van der Waals surface area contributed by atoms with Gasteiger partial charge in [0.2, 0.25) is 0 Å². The summed E-state index contributed by atoms with van der Waals surface area (Å²) in [5, 5.41) is 7.25. The van der Waals surface area contributed by atoms with Crippen LogP contribution < -0.4 is 10.7 Å². The van der Waals surface area contributed by atoms with Gasteiger partial charge in [-0.3, -0.25) is 4.98 Å². The van der Waals surface area contributed by atoms with Crippen LogP contribution in [-0.4, -0.2) is 28.8 Å². The summed E-state index contributed by atoms with van der Waals surface area (Å²) in [5.74, 6) is 0.0283. The highest BCUT2D eigenvalue weighted by molar-refractivity contribution is 7.17. The fraction of sp³-hybridized carbons (Fsp3) is 0.333. The Hall–Kier alpha value is -2.35. The molecule has 1 fully saturated rings. The molecule has 1 aliphatic rings. The lowest BCUT2D eigenvalue weighted by atomic mass is 10.2. The zero-order valence-electron chi connectivity index (χ0n) is 12.8. The van der Waals surface area contributed by atoms with Crippen molar-refractivity contribution in [2.45, 2.75) is 25.7 Å². The number of halogens is 1. The first kappa shape index (κ1) is 15.5. The monoisotopic (exact) mass is 333 g/mol. The third kappa shape index (κ3) is 3.53. The SMILES string of the molecule is CNC(=O)NN=C(C)c1sc(-c2cncc(F)c2)nc1C1CC1. The number of amides is 2. The van der Waals surface area contributed by atoms with Crippen LogP contribution in [0.3, 0.4) is 0 Å². The molecule has 120 valence electrons. The second kappa shape index (κ2) is 6.41. The van der Waals surface area contributed by atoms with Gasteiger partial charge in [0.05, 0.1) is 22.5 Å². The molecule has 1 saturated carbocycles. The van der Waals surface area contributed by atoms with Gasteiger partial charge in [-0.25, -0.2) is 19.6 Å². The van der Waals surface area contributed by atoms with Crippen molar-refractivity contribution < 1.29 is 9.18 Å². The molecule has 0 spiro atoms. The lowest BCUT2D eigenvalue weighted by Gasteiger charge is -2.01. The second-order valence-electron chi connectivity index (χ2n) is 5.29. The fourth-order valence-electron chi connectivity index (χ4n) is 2.12. The summed E-state index contributed by atoms with van der Waals surface area (Å²) in [6.07, 6.45) is 4.94. The molecule has 8 heteroatoms. The van der Waals surface area contributed by atoms with Gasteiger partial charge in [-0.1, -0.05) is 0 Å². The van der Waals surface area contributed by atoms with Gasteiger partial charge in [-0.15, -0.1) is 11.3 Å². The van der Waals surface area contributed by atoms with Crippen LogP contribution in [0.1, 0.15) is 36.3 Å². The van der Waals surface area contributed by atoms with E-state index in [2.05, 4.69) is 25.8 Å². The second-order valence-corrected chi connectivity index (χ2v) is 6.29. The van der Waals surface area contributed by atoms with Crippen LogP contribution in [0.5, 0.6) is 0 Å². The van der Waals surface area contributed by atoms with Gasteiger partial charge in [-0.05, 0) is 25.8 Å². The Balaban J connectivity index is 1.95. The highest BCUT2D eigenvalue weighted by Gasteiger charge is 2.31. The van der Waals surface area contributed by atoms with E-state index in [1.165, 1.54) is 30.6 Å². The largest absolute Gasteiger partial charge is 0.340 e. The average molecular weight is 333 g/mol. The summed E-state index contributed by atoms with van der Waals surface area (Å²) in [6.45, 7) is 1.82. The van der Waals surface area contributed by atoms with E-state index in [1.807, 2.05) is 6.92 Å². The molecular formula is C15H16FN5OS. The number of hydrogen-bond donors (Lipinski definition) is 2. The molecule has 6 nitrogen and oxygen atoms in total. The molecule has 0 bridgehead atoms. The Morgan fingerprint density at radius 2 is 2.22 bits per heavy atom. The summed E-state index contributed by atoms with van der Waals surface area (Å²) >= 11 is 1.44. The number of carbonyl (C=O) groups excluding carboxylic acids is 1. The number of carbonyl (C=O) groups is 1. The molecule has 0 aliphatic heterocycles. The van der Waals surface area contributed by atoms with Gasteiger partial charge in [0.25, 0.3) is 0 Å². The van der Waals surface area contributed by atoms with E-state index < -0.39 is 0 Å². The minimum atomic E-state index is -0.390. The van der Waals surface area contributed by atoms with E-state index in [0.717, 1.165) is 23.4 Å². The normalized spacial score (nSPS) is 14.7. The molecule has 3 rings (SSSR count). The van der Waals surface area contributed by atoms with Gasteiger partial charge >= 0.3 is 6.03 Å². The number of nitrogens with zero attached hydrogens (tertiary/aromatic N) is 3. The van der Waals surface area contributed by atoms with Crippen molar-refractivity contribution in [2.24, 2.45) is 5.10 Å². The predicted octanol–water partition coefficient (Wildman–Crippen LogP) is 2.87. The molecular weight excluding hydrogens is 317 g/mol. The summed E-state index contributed by atoms with van der Waals surface area (Å²) in [4.78, 5) is 20.7. The van der Waals surface area contributed by atoms with E-state index in [0.29, 0.717) is 22.2 Å². The molecule has 0 aromatic carbocycles. The maximum Gasteiger partial charge on any atom is 0.334 e. The molecule has 23 heavy (non-hydrogen) atoms. The van der Waals surface area contributed by atoms with Gasteiger partial charge in [0, 0.05) is 24.7 Å². The van der Waals surface area contributed by atoms with Crippen molar-refractivity contribution in [3.8, 4) is 10.6 Å². The number of hydrazone groups is 1. The van der Waals surface area contributed by atoms with Crippen LogP contribution in [0.25, 0.3) is 10.6 Å². The first-order chi connectivity index (χ1) is 11.1. The van der Waals surface area contributed by atoms with Crippen LogP contribution in [0, 0.1) is 5.82 Å². The van der Waals surface area contributed by atoms with Crippen molar-refractivity contribution >= 4 is 23.1 Å². The van der Waals surface area contributed by atoms with Crippen molar-refractivity contribution in [1.29, 1.82) is 0 Å². The Morgan fingerprint density at radius 1 is 1.43 bits per heavy atom. The molecule has 2 N–H and O–H groups in total. The number of thiazole rings is 1. The molecule has 1 aliphatic carbocycles. The Kier molecular flexibility index (Phi) is 4.33. The first-order valence-corrected chi connectivity index (χ1v) is 8.04. The first-order valence-electron chi connectivity index (χ1n) is 7.22. The lowest BCUT2D eigenvalue weighted by molar-refractivity contribution is 0.243. The van der Waals surface area contributed by atoms with E-state index >= 15 is 0 Å². The fourth-order valence-corrected chi connectivity index (χ4v) is 3.20. The third-order valence-corrected chi connectivity index (χ3v) is 4.68. The van der Waals surface area contributed by atoms with Crippen molar-refractivity contribution in [3.05, 3.63) is 34.8 Å². The molecule has 0 atom stereocenters. The van der Waals surface area contributed by atoms with E-state index in [-0.39, 0.29) is 11.8 Å². The highest BCUT2D eigenvalue weighted by Crippen LogP contribution is 2.44. The maximum absolute atomic E-state index is 13.4. The summed E-state index contributed by atoms with van der Waals surface area (Å²) in [7, 11) is 1.53. The minimum absolute atomic E-state index is 0.378. The van der Waals surface area contributed by atoms with Crippen LogP contribution in [-0.2, 0) is 0 Å². The Bertz CT molecular complexity index is 769. The minimum Gasteiger partial charge on any atom is -0.340 e. The quantitative estimate of drug-likeness (QED) is 0.667. The number of urea groups is 1. The van der Waals surface area contributed by atoms with Crippen LogP contribution >= 0.6 is 11.3 Å². The number of aromatic nitrogens is 2. The number of nitrogens with one attached hydrogen (secondary N) is 2. The van der Waals surface area contributed by atoms with Crippen LogP contribution in [0.4, 0.5) is 9.18 Å². The standard InChI is InChI=1S/C15H16FN5OS/c1-8(20-21-15(22)17-2)13-12(9-3-4-9)19-14(23-13)10-5-11(16)7-18-6-10/h5-7,9H,3-4H2,1-2H3,(H2,17,21,22). The molecule has 2 heterocycles. The summed E-state index contributed by atoms with van der Waals surface area (Å²) < 4.78 is 13.4. The Labute approximate surface area is 136 Å². The van der Waals surface area contributed by atoms with Crippen LogP contribution in [0.15, 0.2) is 23.6 Å². The lowest BCUT2D eigenvalue weighted by Crippen LogP contribution is -2.29. The third-order valence-electron chi connectivity index (χ3n) is 3.45. The van der Waals surface area contributed by atoms with Gasteiger partial charge in [0.15, 0.2) is 0 Å². The van der Waals surface area contributed by atoms with Crippen molar-refractivity contribution in [2.75, 3.05) is 7.05 Å². The molecule has 0 radical (unpaired) electrons. The number of hydrogen-bond acceptors (Lipinski definition) is 5. The zero-order chi connectivity index (χ0) is 16.4. The summed E-state index contributed by atoms with van der Waals surface area (Å²) in [5.41, 5.74) is 4.72. The van der Waals surface area contributed by atoms with Crippen molar-refractivity contribution in [3.63, 3.8) is 0 Å². The van der Waals surface area contributed by atoms with E-state index in [1.54, 1.807) is 6.20 Å². The van der Waals surface area contributed by atoms with E-state index in [4.69, 9.17) is 0 Å². The molecule has 0 unspecified atom stereocenters. The van der Waals surface area contributed by atoms with Gasteiger partial charge in [-0.2, -0.15) is 5.10 Å². The maximum atomic E-state index is 13.4. The number of rotatable bonds is 4. The molecule has 2 aromatic heterocycles. The average Bonchev–Trinajstić information content (AvgIpc) is 3.30. The molecule has 2 amide bonds. The topological polar surface area (TPSA) is 79.3 Å². The highest BCUT2D eigenvalue weighted by atomic mass is 32.1. The summed E-state index contributed by atoms with van der Waals surface area (Å²) in [6, 6.07) is 1.04.